The van der Waals surface area contributed by atoms with Gasteiger partial charge >= 0.3 is 0 Å². The van der Waals surface area contributed by atoms with Gasteiger partial charge in [-0.15, -0.1) is 6.58 Å². The van der Waals surface area contributed by atoms with Crippen molar-refractivity contribution in [3.05, 3.63) is 24.8 Å². The van der Waals surface area contributed by atoms with E-state index in [0.29, 0.717) is 5.92 Å². The normalized spacial score (nSPS) is 26.5. The van der Waals surface area contributed by atoms with Crippen molar-refractivity contribution in [3.63, 3.8) is 0 Å². The highest BCUT2D eigenvalue weighted by atomic mass is 16.3. The standard InChI is InChI=1S/C16H28O/c1-4-15(11-12-17)8-7-14(3)16-9-5-13(2)6-10-16/h4,13,15-17H,1,3,5-12H2,2H3. The van der Waals surface area contributed by atoms with Gasteiger partial charge in [-0.25, -0.2) is 0 Å². The van der Waals surface area contributed by atoms with Crippen LogP contribution < -0.4 is 0 Å². The summed E-state index contributed by atoms with van der Waals surface area (Å²) in [4.78, 5) is 0. The first kappa shape index (κ1) is 14.5. The molecule has 0 bridgehead atoms. The molecule has 0 heterocycles. The molecular formula is C16H28O. The summed E-state index contributed by atoms with van der Waals surface area (Å²) in [6.45, 7) is 10.7. The maximum Gasteiger partial charge on any atom is 0.0436 e. The quantitative estimate of drug-likeness (QED) is 0.652. The predicted octanol–water partition coefficient (Wildman–Crippen LogP) is 4.33. The van der Waals surface area contributed by atoms with Crippen LogP contribution in [0.15, 0.2) is 24.8 Å². The van der Waals surface area contributed by atoms with Crippen LogP contribution in [0.4, 0.5) is 0 Å². The molecule has 0 aromatic rings. The van der Waals surface area contributed by atoms with Gasteiger partial charge in [0, 0.05) is 6.61 Å². The smallest absolute Gasteiger partial charge is 0.0436 e. The monoisotopic (exact) mass is 236 g/mol. The largest absolute Gasteiger partial charge is 0.396 e. The molecular weight excluding hydrogens is 208 g/mol. The molecule has 1 fully saturated rings. The molecule has 1 rings (SSSR count). The number of aliphatic hydroxyl groups is 1. The summed E-state index contributed by atoms with van der Waals surface area (Å²) >= 11 is 0. The number of rotatable bonds is 7. The molecule has 0 saturated heterocycles. The number of hydrogen-bond acceptors (Lipinski definition) is 1. The summed E-state index contributed by atoms with van der Waals surface area (Å²) in [5, 5.41) is 8.94. The van der Waals surface area contributed by atoms with Crippen molar-refractivity contribution in [1.29, 1.82) is 0 Å². The molecule has 0 amide bonds. The van der Waals surface area contributed by atoms with E-state index >= 15 is 0 Å². The molecule has 0 radical (unpaired) electrons. The van der Waals surface area contributed by atoms with Crippen molar-refractivity contribution < 1.29 is 5.11 Å². The predicted molar refractivity (Wildman–Crippen MR) is 74.9 cm³/mol. The Morgan fingerprint density at radius 1 is 1.29 bits per heavy atom. The summed E-state index contributed by atoms with van der Waals surface area (Å²) < 4.78 is 0. The lowest BCUT2D eigenvalue weighted by molar-refractivity contribution is 0.265. The van der Waals surface area contributed by atoms with Gasteiger partial charge in [-0.3, -0.25) is 0 Å². The summed E-state index contributed by atoms with van der Waals surface area (Å²) in [6, 6.07) is 0. The minimum Gasteiger partial charge on any atom is -0.396 e. The fourth-order valence-electron chi connectivity index (χ4n) is 2.79. The molecule has 0 aromatic heterocycles. The van der Waals surface area contributed by atoms with Crippen molar-refractivity contribution in [3.8, 4) is 0 Å². The third kappa shape index (κ3) is 5.08. The topological polar surface area (TPSA) is 20.2 Å². The lowest BCUT2D eigenvalue weighted by atomic mass is 9.78. The van der Waals surface area contributed by atoms with Crippen LogP contribution in [0.2, 0.25) is 0 Å². The summed E-state index contributed by atoms with van der Waals surface area (Å²) in [6.07, 6.45) is 10.4. The van der Waals surface area contributed by atoms with Crippen LogP contribution in [0.25, 0.3) is 0 Å². The third-order valence-electron chi connectivity index (χ3n) is 4.26. The van der Waals surface area contributed by atoms with Crippen LogP contribution in [0.5, 0.6) is 0 Å². The highest BCUT2D eigenvalue weighted by Gasteiger charge is 2.20. The molecule has 1 unspecified atom stereocenters. The first-order valence-corrected chi connectivity index (χ1v) is 7.08. The van der Waals surface area contributed by atoms with Gasteiger partial charge in [0.25, 0.3) is 0 Å². The van der Waals surface area contributed by atoms with Gasteiger partial charge in [0.1, 0.15) is 0 Å². The van der Waals surface area contributed by atoms with Crippen molar-refractivity contribution in [2.75, 3.05) is 6.61 Å². The van der Waals surface area contributed by atoms with E-state index in [9.17, 15) is 0 Å². The number of aliphatic hydroxyl groups excluding tert-OH is 1. The highest BCUT2D eigenvalue weighted by Crippen LogP contribution is 2.34. The van der Waals surface area contributed by atoms with Crippen LogP contribution in [-0.4, -0.2) is 11.7 Å². The maximum atomic E-state index is 8.94. The first-order valence-electron chi connectivity index (χ1n) is 7.08. The second-order valence-electron chi connectivity index (χ2n) is 5.66. The molecule has 1 aliphatic rings. The molecule has 1 heteroatoms. The lowest BCUT2D eigenvalue weighted by Crippen LogP contribution is -2.14. The van der Waals surface area contributed by atoms with Crippen LogP contribution >= 0.6 is 0 Å². The SMILES string of the molecule is C=CC(CCO)CCC(=C)C1CCC(C)CC1. The van der Waals surface area contributed by atoms with Crippen molar-refractivity contribution >= 4 is 0 Å². The van der Waals surface area contributed by atoms with E-state index in [4.69, 9.17) is 5.11 Å². The van der Waals surface area contributed by atoms with Crippen molar-refractivity contribution in [2.45, 2.75) is 51.9 Å². The minimum atomic E-state index is 0.268. The second kappa shape index (κ2) is 7.71. The van der Waals surface area contributed by atoms with Gasteiger partial charge in [-0.1, -0.05) is 38.0 Å². The summed E-state index contributed by atoms with van der Waals surface area (Å²) in [5.41, 5.74) is 1.43. The average Bonchev–Trinajstić information content (AvgIpc) is 2.35. The van der Waals surface area contributed by atoms with Gasteiger partial charge in [0.15, 0.2) is 0 Å². The molecule has 1 atom stereocenters. The Labute approximate surface area is 107 Å². The molecule has 1 nitrogen and oxygen atoms in total. The Morgan fingerprint density at radius 2 is 1.94 bits per heavy atom. The lowest BCUT2D eigenvalue weighted by Gasteiger charge is -2.28. The number of hydrogen-bond donors (Lipinski definition) is 1. The summed E-state index contributed by atoms with van der Waals surface area (Å²) in [7, 11) is 0. The average molecular weight is 236 g/mol. The van der Waals surface area contributed by atoms with Crippen LogP contribution in [0.3, 0.4) is 0 Å². The Hall–Kier alpha value is -0.560. The van der Waals surface area contributed by atoms with Crippen LogP contribution in [-0.2, 0) is 0 Å². The fourth-order valence-corrected chi connectivity index (χ4v) is 2.79. The zero-order valence-corrected chi connectivity index (χ0v) is 11.3. The fraction of sp³-hybridized carbons (Fsp3) is 0.750. The second-order valence-corrected chi connectivity index (χ2v) is 5.66. The van der Waals surface area contributed by atoms with Crippen LogP contribution in [0.1, 0.15) is 51.9 Å². The minimum absolute atomic E-state index is 0.268. The zero-order chi connectivity index (χ0) is 12.7. The van der Waals surface area contributed by atoms with E-state index in [2.05, 4.69) is 20.1 Å². The van der Waals surface area contributed by atoms with Gasteiger partial charge in [-0.2, -0.15) is 0 Å². The molecule has 98 valence electrons. The van der Waals surface area contributed by atoms with E-state index in [-0.39, 0.29) is 6.61 Å². The summed E-state index contributed by atoms with van der Waals surface area (Å²) in [5.74, 6) is 2.12. The van der Waals surface area contributed by atoms with E-state index in [0.717, 1.165) is 31.1 Å². The van der Waals surface area contributed by atoms with E-state index in [1.54, 1.807) is 0 Å². The Morgan fingerprint density at radius 3 is 2.47 bits per heavy atom. The van der Waals surface area contributed by atoms with E-state index in [1.165, 1.54) is 31.3 Å². The first-order chi connectivity index (χ1) is 8.17. The Balaban J connectivity index is 2.26. The van der Waals surface area contributed by atoms with Crippen LogP contribution in [0, 0.1) is 17.8 Å². The molecule has 1 saturated carbocycles. The Bertz CT molecular complexity index is 236. The molecule has 0 aliphatic heterocycles. The van der Waals surface area contributed by atoms with Gasteiger partial charge in [-0.05, 0) is 49.9 Å². The highest BCUT2D eigenvalue weighted by molar-refractivity contribution is 5.03. The third-order valence-corrected chi connectivity index (χ3v) is 4.26. The molecule has 1 aliphatic carbocycles. The zero-order valence-electron chi connectivity index (χ0n) is 11.3. The van der Waals surface area contributed by atoms with Gasteiger partial charge in [0.05, 0.1) is 0 Å². The van der Waals surface area contributed by atoms with E-state index in [1.807, 2.05) is 6.08 Å². The Kier molecular flexibility index (Phi) is 6.57. The van der Waals surface area contributed by atoms with Crippen molar-refractivity contribution in [1.82, 2.24) is 0 Å². The van der Waals surface area contributed by atoms with Crippen molar-refractivity contribution in [2.24, 2.45) is 17.8 Å². The number of allylic oxidation sites excluding steroid dienone is 2. The molecule has 17 heavy (non-hydrogen) atoms. The molecule has 0 spiro atoms. The van der Waals surface area contributed by atoms with Gasteiger partial charge in [0.2, 0.25) is 0 Å². The van der Waals surface area contributed by atoms with Gasteiger partial charge < -0.3 is 5.11 Å². The maximum absolute atomic E-state index is 8.94. The molecule has 0 aromatic carbocycles. The van der Waals surface area contributed by atoms with E-state index < -0.39 is 0 Å². The molecule has 1 N–H and O–H groups in total.